The Balaban J connectivity index is 2.06. The maximum Gasteiger partial charge on any atom is 0.357 e. The van der Waals surface area contributed by atoms with Crippen molar-refractivity contribution in [3.05, 3.63) is 41.5 Å². The molecule has 1 aliphatic rings. The molecule has 2 heterocycles. The molecule has 0 amide bonds. The summed E-state index contributed by atoms with van der Waals surface area (Å²) in [6, 6.07) is 6.20. The molecule has 8 heteroatoms. The Kier molecular flexibility index (Phi) is 5.09. The maximum absolute atomic E-state index is 14.6. The summed E-state index contributed by atoms with van der Waals surface area (Å²) >= 11 is 0. The van der Waals surface area contributed by atoms with Crippen molar-refractivity contribution < 1.29 is 23.4 Å². The number of nitrogens with zero attached hydrogens (tertiary/aromatic N) is 2. The van der Waals surface area contributed by atoms with Crippen molar-refractivity contribution in [2.24, 2.45) is 0 Å². The minimum Gasteiger partial charge on any atom is -0.489 e. The highest BCUT2D eigenvalue weighted by Crippen LogP contribution is 2.32. The first-order valence-electron chi connectivity index (χ1n) is 8.09. The molecule has 1 saturated heterocycles. The molecule has 136 valence electrons. The van der Waals surface area contributed by atoms with Crippen LogP contribution in [0.5, 0.6) is 5.75 Å². The lowest BCUT2D eigenvalue weighted by Gasteiger charge is -2.17. The number of nitrogen functional groups attached to an aromatic ring is 1. The topological polar surface area (TPSA) is 99.5 Å². The Morgan fingerprint density at radius 1 is 1.54 bits per heavy atom. The zero-order valence-corrected chi connectivity index (χ0v) is 14.2. The molecule has 0 radical (unpaired) electrons. The van der Waals surface area contributed by atoms with Crippen molar-refractivity contribution in [3.8, 4) is 17.5 Å². The van der Waals surface area contributed by atoms with Gasteiger partial charge in [0.15, 0.2) is 11.5 Å². The lowest BCUT2D eigenvalue weighted by Crippen LogP contribution is -2.18. The molecule has 1 unspecified atom stereocenters. The summed E-state index contributed by atoms with van der Waals surface area (Å²) in [6.45, 7) is 0.933. The summed E-state index contributed by atoms with van der Waals surface area (Å²) < 4.78 is 31.8. The Hall–Kier alpha value is -3.05. The molecule has 1 fully saturated rings. The second kappa shape index (κ2) is 7.45. The fraction of sp³-hybridized carbons (Fsp3) is 0.333. The number of para-hydroxylation sites is 1. The minimum atomic E-state index is -0.780. The van der Waals surface area contributed by atoms with Crippen LogP contribution in [0.2, 0.25) is 0 Å². The molecule has 0 spiro atoms. The van der Waals surface area contributed by atoms with Gasteiger partial charge >= 0.3 is 5.97 Å². The Morgan fingerprint density at radius 2 is 2.35 bits per heavy atom. The number of hydrogen-bond donors (Lipinski definition) is 1. The molecular weight excluding hydrogens is 341 g/mol. The van der Waals surface area contributed by atoms with Crippen LogP contribution in [0.1, 0.15) is 28.9 Å². The zero-order chi connectivity index (χ0) is 18.7. The van der Waals surface area contributed by atoms with Crippen molar-refractivity contribution >= 4 is 11.7 Å². The quantitative estimate of drug-likeness (QED) is 0.823. The van der Waals surface area contributed by atoms with E-state index in [9.17, 15) is 14.4 Å². The number of ether oxygens (including phenoxy) is 3. The number of carbonyl (C=O) groups excluding carboxylic acids is 1. The van der Waals surface area contributed by atoms with Crippen LogP contribution in [-0.4, -0.2) is 37.0 Å². The van der Waals surface area contributed by atoms with E-state index in [1.54, 1.807) is 6.07 Å². The third kappa shape index (κ3) is 3.21. The number of methoxy groups -OCH3 is 1. The number of carbonyl (C=O) groups is 1. The van der Waals surface area contributed by atoms with Crippen molar-refractivity contribution in [2.45, 2.75) is 18.9 Å². The van der Waals surface area contributed by atoms with Crippen molar-refractivity contribution in [3.63, 3.8) is 0 Å². The molecule has 1 aliphatic heterocycles. The number of benzene rings is 1. The molecule has 3 rings (SSSR count). The molecular formula is C18H18FN3O4. The average molecular weight is 359 g/mol. The van der Waals surface area contributed by atoms with E-state index in [1.807, 2.05) is 6.07 Å². The van der Waals surface area contributed by atoms with Gasteiger partial charge in [-0.3, -0.25) is 0 Å². The largest absolute Gasteiger partial charge is 0.489 e. The predicted octanol–water partition coefficient (Wildman–Crippen LogP) is 2.41. The Labute approximate surface area is 149 Å². The van der Waals surface area contributed by atoms with E-state index >= 15 is 0 Å². The fourth-order valence-corrected chi connectivity index (χ4v) is 2.90. The van der Waals surface area contributed by atoms with Gasteiger partial charge in [0.2, 0.25) is 0 Å². The van der Waals surface area contributed by atoms with Crippen LogP contribution in [0.25, 0.3) is 5.69 Å². The Bertz CT molecular complexity index is 866. The van der Waals surface area contributed by atoms with Gasteiger partial charge in [-0.05, 0) is 25.0 Å². The molecule has 0 bridgehead atoms. The molecule has 1 aromatic carbocycles. The van der Waals surface area contributed by atoms with Gasteiger partial charge < -0.3 is 24.5 Å². The summed E-state index contributed by atoms with van der Waals surface area (Å²) in [5.74, 6) is -1.19. The highest BCUT2D eigenvalue weighted by atomic mass is 19.1. The molecule has 1 atom stereocenters. The van der Waals surface area contributed by atoms with Crippen LogP contribution in [-0.2, 0) is 9.47 Å². The summed E-state index contributed by atoms with van der Waals surface area (Å²) in [7, 11) is 1.18. The SMILES string of the molecule is COC(=O)c1c(N)c(C#N)cn1-c1c(F)cccc1OCC1CCCO1. The first-order valence-corrected chi connectivity index (χ1v) is 8.09. The van der Waals surface area contributed by atoms with Gasteiger partial charge in [0.1, 0.15) is 24.1 Å². The van der Waals surface area contributed by atoms with E-state index in [4.69, 9.17) is 19.9 Å². The molecule has 7 nitrogen and oxygen atoms in total. The number of nitrogens with two attached hydrogens (primary N) is 1. The first kappa shape index (κ1) is 17.8. The number of esters is 1. The molecule has 0 aliphatic carbocycles. The molecule has 26 heavy (non-hydrogen) atoms. The number of hydrogen-bond acceptors (Lipinski definition) is 6. The maximum atomic E-state index is 14.6. The summed E-state index contributed by atoms with van der Waals surface area (Å²) in [4.78, 5) is 12.1. The average Bonchev–Trinajstić information content (AvgIpc) is 3.27. The van der Waals surface area contributed by atoms with Crippen molar-refractivity contribution in [1.29, 1.82) is 5.26 Å². The van der Waals surface area contributed by atoms with Crippen LogP contribution in [0.3, 0.4) is 0 Å². The van der Waals surface area contributed by atoms with Crippen molar-refractivity contribution in [2.75, 3.05) is 26.1 Å². The third-order valence-electron chi connectivity index (χ3n) is 4.18. The third-order valence-corrected chi connectivity index (χ3v) is 4.18. The number of anilines is 1. The van der Waals surface area contributed by atoms with Gasteiger partial charge in [0.25, 0.3) is 0 Å². The van der Waals surface area contributed by atoms with E-state index in [0.717, 1.165) is 12.8 Å². The van der Waals surface area contributed by atoms with Gasteiger partial charge in [0, 0.05) is 12.8 Å². The fourth-order valence-electron chi connectivity index (χ4n) is 2.90. The van der Waals surface area contributed by atoms with E-state index in [0.29, 0.717) is 6.61 Å². The predicted molar refractivity (Wildman–Crippen MR) is 90.7 cm³/mol. The van der Waals surface area contributed by atoms with Gasteiger partial charge in [-0.15, -0.1) is 0 Å². The van der Waals surface area contributed by atoms with Gasteiger partial charge in [-0.1, -0.05) is 6.07 Å². The van der Waals surface area contributed by atoms with Gasteiger partial charge in [0.05, 0.1) is 24.5 Å². The highest BCUT2D eigenvalue weighted by molar-refractivity contribution is 5.96. The van der Waals surface area contributed by atoms with E-state index in [-0.39, 0.29) is 41.1 Å². The lowest BCUT2D eigenvalue weighted by atomic mass is 10.2. The standard InChI is InChI=1S/C18H18FN3O4/c1-24-18(23)17-15(21)11(8-20)9-22(17)16-13(19)5-2-6-14(16)26-10-12-4-3-7-25-12/h2,5-6,9,12H,3-4,7,10,21H2,1H3. The van der Waals surface area contributed by atoms with Crippen molar-refractivity contribution in [1.82, 2.24) is 4.57 Å². The van der Waals surface area contributed by atoms with Gasteiger partial charge in [-0.25, -0.2) is 9.18 Å². The normalized spacial score (nSPS) is 16.3. The lowest BCUT2D eigenvalue weighted by molar-refractivity contribution is 0.0591. The number of aromatic nitrogens is 1. The highest BCUT2D eigenvalue weighted by Gasteiger charge is 2.26. The van der Waals surface area contributed by atoms with Crippen LogP contribution in [0.4, 0.5) is 10.1 Å². The first-order chi connectivity index (χ1) is 12.6. The molecule has 2 N–H and O–H groups in total. The summed E-state index contributed by atoms with van der Waals surface area (Å²) in [5, 5.41) is 9.21. The number of rotatable bonds is 5. The molecule has 0 saturated carbocycles. The van der Waals surface area contributed by atoms with Crippen LogP contribution in [0, 0.1) is 17.1 Å². The van der Waals surface area contributed by atoms with E-state index < -0.39 is 11.8 Å². The van der Waals surface area contributed by atoms with Crippen LogP contribution >= 0.6 is 0 Å². The number of halogens is 1. The van der Waals surface area contributed by atoms with Gasteiger partial charge in [-0.2, -0.15) is 5.26 Å². The van der Waals surface area contributed by atoms with E-state index in [2.05, 4.69) is 0 Å². The number of nitriles is 1. The zero-order valence-electron chi connectivity index (χ0n) is 14.2. The molecule has 1 aromatic heterocycles. The summed E-state index contributed by atoms with van der Waals surface area (Å²) in [5.41, 5.74) is 5.70. The van der Waals surface area contributed by atoms with Crippen LogP contribution in [0.15, 0.2) is 24.4 Å². The van der Waals surface area contributed by atoms with E-state index in [1.165, 1.54) is 30.0 Å². The second-order valence-electron chi connectivity index (χ2n) is 5.81. The smallest absolute Gasteiger partial charge is 0.357 e. The second-order valence-corrected chi connectivity index (χ2v) is 5.81. The molecule has 2 aromatic rings. The Morgan fingerprint density at radius 3 is 3.00 bits per heavy atom. The minimum absolute atomic E-state index is 0.0147. The monoisotopic (exact) mass is 359 g/mol. The van der Waals surface area contributed by atoms with Crippen LogP contribution < -0.4 is 10.5 Å². The summed E-state index contributed by atoms with van der Waals surface area (Å²) in [6.07, 6.45) is 3.05.